The van der Waals surface area contributed by atoms with Crippen molar-refractivity contribution in [2.24, 2.45) is 0 Å². The lowest BCUT2D eigenvalue weighted by Gasteiger charge is -2.49. The highest BCUT2D eigenvalue weighted by molar-refractivity contribution is 6.14. The number of nitrogens with zero attached hydrogens (tertiary/aromatic N) is 1. The second-order valence-electron chi connectivity index (χ2n) is 8.57. The molecule has 162 valence electrons. The molecule has 6 rings (SSSR count). The number of hydrogen-bond acceptors (Lipinski definition) is 2. The predicted molar refractivity (Wildman–Crippen MR) is 139 cm³/mol. The van der Waals surface area contributed by atoms with Crippen molar-refractivity contribution in [3.8, 4) is 0 Å². The Hall–Kier alpha value is -4.43. The summed E-state index contributed by atoms with van der Waals surface area (Å²) in [5.74, 6) is 0.0587. The predicted octanol–water partition coefficient (Wildman–Crippen LogP) is 7.34. The van der Waals surface area contributed by atoms with Crippen molar-refractivity contribution in [3.05, 3.63) is 168 Å². The number of rotatable bonds is 3. The molecule has 34 heavy (non-hydrogen) atoms. The quantitative estimate of drug-likeness (QED) is 0.334. The van der Waals surface area contributed by atoms with E-state index in [0.29, 0.717) is 0 Å². The summed E-state index contributed by atoms with van der Waals surface area (Å²) in [6.45, 7) is 8.50. The number of benzene rings is 4. The lowest BCUT2D eigenvalue weighted by atomic mass is 9.57. The number of para-hydroxylation sites is 2. The molecule has 0 saturated heterocycles. The van der Waals surface area contributed by atoms with Gasteiger partial charge in [0, 0.05) is 16.8 Å². The smallest absolute Gasteiger partial charge is 0.193 e. The first-order valence-corrected chi connectivity index (χ1v) is 11.4. The molecule has 4 aromatic rings. The third kappa shape index (κ3) is 2.48. The van der Waals surface area contributed by atoms with E-state index in [1.807, 2.05) is 66.7 Å². The maximum atomic E-state index is 13.6. The van der Waals surface area contributed by atoms with Crippen LogP contribution in [0.3, 0.4) is 0 Å². The standard InChI is InChI=1S/C32H23NO/c1-3-25-29(4-2)33(22-14-6-5-7-15-22)30-21-13-12-20-28(30)32(25)26-18-10-8-16-23(26)31(34)24-17-9-11-19-27(24)32/h3-21H,1-2H2. The lowest BCUT2D eigenvalue weighted by Crippen LogP contribution is -2.43. The van der Waals surface area contributed by atoms with Gasteiger partial charge >= 0.3 is 0 Å². The molecule has 0 saturated carbocycles. The van der Waals surface area contributed by atoms with Gasteiger partial charge in [0.05, 0.1) is 16.8 Å². The topological polar surface area (TPSA) is 20.3 Å². The molecule has 1 spiro atoms. The Labute approximate surface area is 199 Å². The van der Waals surface area contributed by atoms with Gasteiger partial charge in [-0.25, -0.2) is 0 Å². The average Bonchev–Trinajstić information content (AvgIpc) is 2.91. The molecule has 0 atom stereocenters. The molecule has 1 aliphatic heterocycles. The van der Waals surface area contributed by atoms with Crippen LogP contribution < -0.4 is 4.90 Å². The molecular formula is C32H23NO. The monoisotopic (exact) mass is 437 g/mol. The molecule has 1 heterocycles. The highest BCUT2D eigenvalue weighted by Gasteiger charge is 2.51. The van der Waals surface area contributed by atoms with Crippen molar-refractivity contribution in [1.82, 2.24) is 0 Å². The van der Waals surface area contributed by atoms with Crippen molar-refractivity contribution in [3.63, 3.8) is 0 Å². The van der Waals surface area contributed by atoms with Gasteiger partial charge in [0.25, 0.3) is 0 Å². The Morgan fingerprint density at radius 3 is 1.74 bits per heavy atom. The van der Waals surface area contributed by atoms with E-state index in [-0.39, 0.29) is 5.78 Å². The average molecular weight is 438 g/mol. The summed E-state index contributed by atoms with van der Waals surface area (Å²) in [7, 11) is 0. The summed E-state index contributed by atoms with van der Waals surface area (Å²) in [4.78, 5) is 15.8. The third-order valence-electron chi connectivity index (χ3n) is 7.03. The number of allylic oxidation sites excluding steroid dienone is 3. The van der Waals surface area contributed by atoms with Gasteiger partial charge < -0.3 is 4.90 Å². The third-order valence-corrected chi connectivity index (χ3v) is 7.03. The van der Waals surface area contributed by atoms with Crippen LogP contribution in [0.1, 0.15) is 32.6 Å². The van der Waals surface area contributed by atoms with Crippen molar-refractivity contribution in [2.45, 2.75) is 5.41 Å². The van der Waals surface area contributed by atoms with Crippen molar-refractivity contribution in [2.75, 3.05) is 4.90 Å². The zero-order valence-corrected chi connectivity index (χ0v) is 18.7. The van der Waals surface area contributed by atoms with Crippen molar-refractivity contribution >= 4 is 17.2 Å². The molecule has 0 N–H and O–H groups in total. The number of carbonyl (C=O) groups is 1. The van der Waals surface area contributed by atoms with Gasteiger partial charge in [0.1, 0.15) is 0 Å². The van der Waals surface area contributed by atoms with Gasteiger partial charge in [0.2, 0.25) is 0 Å². The number of fused-ring (bicyclic) bond motifs is 6. The highest BCUT2D eigenvalue weighted by atomic mass is 16.1. The molecule has 0 radical (unpaired) electrons. The molecule has 0 aromatic heterocycles. The van der Waals surface area contributed by atoms with Gasteiger partial charge in [-0.2, -0.15) is 0 Å². The molecule has 2 heteroatoms. The molecule has 2 aliphatic rings. The minimum Gasteiger partial charge on any atom is -0.310 e. The molecule has 0 unspecified atom stereocenters. The van der Waals surface area contributed by atoms with Crippen LogP contribution in [0.5, 0.6) is 0 Å². The summed E-state index contributed by atoms with van der Waals surface area (Å²) in [6.07, 6.45) is 3.84. The number of hydrogen-bond donors (Lipinski definition) is 0. The molecular weight excluding hydrogens is 414 g/mol. The van der Waals surface area contributed by atoms with Crippen LogP contribution in [-0.4, -0.2) is 5.78 Å². The number of ketones is 1. The van der Waals surface area contributed by atoms with Gasteiger partial charge in [-0.3, -0.25) is 4.79 Å². The molecule has 1 aliphatic carbocycles. The number of carbonyl (C=O) groups excluding carboxylic acids is 1. The second kappa shape index (κ2) is 7.57. The minimum absolute atomic E-state index is 0.0587. The van der Waals surface area contributed by atoms with Crippen LogP contribution in [0.2, 0.25) is 0 Å². The first-order chi connectivity index (χ1) is 16.7. The van der Waals surface area contributed by atoms with Gasteiger partial charge in [0.15, 0.2) is 5.78 Å². The molecule has 0 bridgehead atoms. The van der Waals surface area contributed by atoms with Crippen LogP contribution in [0.25, 0.3) is 0 Å². The fraction of sp³-hybridized carbons (Fsp3) is 0.0312. The fourth-order valence-corrected chi connectivity index (χ4v) is 5.77. The van der Waals surface area contributed by atoms with Gasteiger partial charge in [-0.05, 0) is 46.5 Å². The van der Waals surface area contributed by atoms with Crippen LogP contribution in [0.15, 0.2) is 140 Å². The van der Waals surface area contributed by atoms with E-state index in [4.69, 9.17) is 0 Å². The largest absolute Gasteiger partial charge is 0.310 e. The summed E-state index contributed by atoms with van der Waals surface area (Å²) >= 11 is 0. The SMILES string of the molecule is C=CC1=C(C=C)C2(c3ccccc3C(=O)c3ccccc32)c2ccccc2N1c1ccccc1. The Bertz CT molecular complexity index is 1460. The zero-order chi connectivity index (χ0) is 23.3. The van der Waals surface area contributed by atoms with Crippen molar-refractivity contribution < 1.29 is 4.79 Å². The Kier molecular flexibility index (Phi) is 4.50. The molecule has 0 amide bonds. The summed E-state index contributed by atoms with van der Waals surface area (Å²) in [6, 6.07) is 34.7. The minimum atomic E-state index is -0.686. The van der Waals surface area contributed by atoms with E-state index in [1.54, 1.807) is 0 Å². The maximum absolute atomic E-state index is 13.6. The summed E-state index contributed by atoms with van der Waals surface area (Å²) in [5.41, 5.74) is 7.93. The van der Waals surface area contributed by atoms with Crippen LogP contribution in [-0.2, 0) is 5.41 Å². The van der Waals surface area contributed by atoms with E-state index in [1.165, 1.54) is 0 Å². The van der Waals surface area contributed by atoms with Gasteiger partial charge in [-0.15, -0.1) is 0 Å². The van der Waals surface area contributed by atoms with E-state index in [0.717, 1.165) is 50.5 Å². The number of anilines is 2. The van der Waals surface area contributed by atoms with Crippen molar-refractivity contribution in [1.29, 1.82) is 0 Å². The van der Waals surface area contributed by atoms with Crippen LogP contribution in [0, 0.1) is 0 Å². The van der Waals surface area contributed by atoms with E-state index >= 15 is 0 Å². The van der Waals surface area contributed by atoms with Crippen LogP contribution in [0.4, 0.5) is 11.4 Å². The highest BCUT2D eigenvalue weighted by Crippen LogP contribution is 2.58. The fourth-order valence-electron chi connectivity index (χ4n) is 5.77. The summed E-state index contributed by atoms with van der Waals surface area (Å²) in [5, 5.41) is 0. The first-order valence-electron chi connectivity index (χ1n) is 11.4. The van der Waals surface area contributed by atoms with Gasteiger partial charge in [-0.1, -0.05) is 104 Å². The molecule has 2 nitrogen and oxygen atoms in total. The Morgan fingerprint density at radius 1 is 0.618 bits per heavy atom. The lowest BCUT2D eigenvalue weighted by molar-refractivity contribution is 0.103. The maximum Gasteiger partial charge on any atom is 0.193 e. The van der Waals surface area contributed by atoms with E-state index < -0.39 is 5.41 Å². The Balaban J connectivity index is 1.84. The molecule has 4 aromatic carbocycles. The zero-order valence-electron chi connectivity index (χ0n) is 18.7. The van der Waals surface area contributed by atoms with E-state index in [2.05, 4.69) is 66.6 Å². The normalized spacial score (nSPS) is 15.4. The second-order valence-corrected chi connectivity index (χ2v) is 8.57. The first kappa shape index (κ1) is 20.2. The summed E-state index contributed by atoms with van der Waals surface area (Å²) < 4.78 is 0. The van der Waals surface area contributed by atoms with Crippen LogP contribution >= 0.6 is 0 Å². The van der Waals surface area contributed by atoms with E-state index in [9.17, 15) is 4.79 Å². The Morgan fingerprint density at radius 2 is 1.15 bits per heavy atom. The molecule has 0 fully saturated rings.